The maximum atomic E-state index is 12.0. The summed E-state index contributed by atoms with van der Waals surface area (Å²) in [5.41, 5.74) is 5.98. The Balaban J connectivity index is 1.48. The number of carbonyl (C=O) groups excluding carboxylic acids is 4. The van der Waals surface area contributed by atoms with Gasteiger partial charge in [-0.25, -0.2) is 0 Å². The zero-order valence-electron chi connectivity index (χ0n) is 14.7. The molecule has 0 radical (unpaired) electrons. The number of ether oxygens (including phenoxy) is 2. The molecule has 0 saturated carbocycles. The van der Waals surface area contributed by atoms with Crippen LogP contribution in [0, 0.1) is 0 Å². The number of nitrogens with two attached hydrogens (primary N) is 1. The maximum Gasteiger partial charge on any atom is 0.308 e. The van der Waals surface area contributed by atoms with Crippen molar-refractivity contribution in [2.75, 3.05) is 30.0 Å². The zero-order valence-corrected chi connectivity index (χ0v) is 15.5. The van der Waals surface area contributed by atoms with Crippen molar-refractivity contribution in [3.05, 3.63) is 41.3 Å². The highest BCUT2D eigenvalue weighted by atomic mass is 32.1. The zero-order chi connectivity index (χ0) is 20.1. The highest BCUT2D eigenvalue weighted by molar-refractivity contribution is 7.14. The number of hydrogen-bond donors (Lipinski definition) is 2. The first-order valence-corrected chi connectivity index (χ1v) is 9.18. The number of amides is 3. The summed E-state index contributed by atoms with van der Waals surface area (Å²) in [6, 6.07) is 8.51. The van der Waals surface area contributed by atoms with E-state index in [0.29, 0.717) is 16.4 Å². The summed E-state index contributed by atoms with van der Waals surface area (Å²) in [5, 5.41) is 4.38. The number of fused-ring (bicyclic) bond motifs is 1. The second kappa shape index (κ2) is 8.53. The molecule has 0 atom stereocenters. The van der Waals surface area contributed by atoms with E-state index in [4.69, 9.17) is 15.2 Å². The Morgan fingerprint density at radius 1 is 1.25 bits per heavy atom. The van der Waals surface area contributed by atoms with Gasteiger partial charge >= 0.3 is 5.97 Å². The quantitative estimate of drug-likeness (QED) is 0.668. The minimum atomic E-state index is -0.663. The summed E-state index contributed by atoms with van der Waals surface area (Å²) >= 11 is 1.13. The average molecular weight is 403 g/mol. The molecule has 0 aliphatic carbocycles. The van der Waals surface area contributed by atoms with Crippen LogP contribution in [-0.2, 0) is 19.1 Å². The molecule has 0 saturated heterocycles. The van der Waals surface area contributed by atoms with E-state index in [2.05, 4.69) is 5.32 Å². The molecular weight excluding hydrogens is 386 g/mol. The topological polar surface area (TPSA) is 128 Å². The third-order valence-electron chi connectivity index (χ3n) is 3.90. The van der Waals surface area contributed by atoms with Crippen LogP contribution in [0.15, 0.2) is 35.7 Å². The Bertz CT molecular complexity index is 926. The van der Waals surface area contributed by atoms with Crippen LogP contribution in [0.3, 0.4) is 0 Å². The lowest BCUT2D eigenvalue weighted by Gasteiger charge is -2.28. The maximum absolute atomic E-state index is 12.0. The van der Waals surface area contributed by atoms with Crippen molar-refractivity contribution in [2.24, 2.45) is 5.73 Å². The van der Waals surface area contributed by atoms with Crippen molar-refractivity contribution in [3.8, 4) is 5.75 Å². The van der Waals surface area contributed by atoms with Gasteiger partial charge in [0, 0.05) is 6.54 Å². The molecule has 0 fully saturated rings. The van der Waals surface area contributed by atoms with E-state index in [0.717, 1.165) is 11.3 Å². The Morgan fingerprint density at radius 3 is 2.82 bits per heavy atom. The lowest BCUT2D eigenvalue weighted by molar-refractivity contribution is -0.147. The highest BCUT2D eigenvalue weighted by Gasteiger charge is 2.25. The lowest BCUT2D eigenvalue weighted by atomic mass is 10.2. The number of esters is 1. The number of rotatable bonds is 7. The van der Waals surface area contributed by atoms with Crippen LogP contribution in [-0.4, -0.2) is 43.4 Å². The van der Waals surface area contributed by atoms with Crippen molar-refractivity contribution in [1.29, 1.82) is 0 Å². The average Bonchev–Trinajstić information content (AvgIpc) is 3.14. The van der Waals surface area contributed by atoms with Gasteiger partial charge in [0.2, 0.25) is 0 Å². The van der Waals surface area contributed by atoms with Crippen LogP contribution >= 0.6 is 11.3 Å². The summed E-state index contributed by atoms with van der Waals surface area (Å²) < 4.78 is 10.3. The smallest absolute Gasteiger partial charge is 0.308 e. The number of carbonyl (C=O) groups is 4. The molecule has 3 rings (SSSR count). The van der Waals surface area contributed by atoms with E-state index in [1.807, 2.05) is 0 Å². The van der Waals surface area contributed by atoms with Gasteiger partial charge in [-0.15, -0.1) is 11.3 Å². The van der Waals surface area contributed by atoms with E-state index < -0.39 is 24.4 Å². The Kier molecular flexibility index (Phi) is 5.90. The highest BCUT2D eigenvalue weighted by Crippen LogP contribution is 2.31. The monoisotopic (exact) mass is 403 g/mol. The minimum absolute atomic E-state index is 0.0844. The van der Waals surface area contributed by atoms with Crippen molar-refractivity contribution in [1.82, 2.24) is 0 Å². The molecule has 146 valence electrons. The molecule has 1 aromatic heterocycles. The number of para-hydroxylation sites is 2. The van der Waals surface area contributed by atoms with Gasteiger partial charge in [-0.2, -0.15) is 0 Å². The van der Waals surface area contributed by atoms with Gasteiger partial charge in [0.25, 0.3) is 17.7 Å². The molecule has 3 N–H and O–H groups in total. The fourth-order valence-electron chi connectivity index (χ4n) is 2.58. The number of benzene rings is 1. The number of thiophene rings is 1. The molecule has 28 heavy (non-hydrogen) atoms. The molecule has 0 spiro atoms. The van der Waals surface area contributed by atoms with E-state index in [1.165, 1.54) is 11.0 Å². The van der Waals surface area contributed by atoms with E-state index >= 15 is 0 Å². The third kappa shape index (κ3) is 4.46. The Labute approximate surface area is 164 Å². The number of primary amides is 1. The van der Waals surface area contributed by atoms with Gasteiger partial charge in [0.15, 0.2) is 13.2 Å². The number of nitrogens with zero attached hydrogens (tertiary/aromatic N) is 1. The van der Waals surface area contributed by atoms with Gasteiger partial charge in [0.1, 0.15) is 10.8 Å². The van der Waals surface area contributed by atoms with E-state index in [9.17, 15) is 19.2 Å². The van der Waals surface area contributed by atoms with Crippen molar-refractivity contribution >= 4 is 45.7 Å². The van der Waals surface area contributed by atoms with Gasteiger partial charge in [-0.3, -0.25) is 19.2 Å². The van der Waals surface area contributed by atoms with E-state index in [-0.39, 0.29) is 31.0 Å². The van der Waals surface area contributed by atoms with Crippen molar-refractivity contribution in [3.63, 3.8) is 0 Å². The van der Waals surface area contributed by atoms with Gasteiger partial charge in [-0.1, -0.05) is 12.1 Å². The largest absolute Gasteiger partial charge is 0.482 e. The fourth-order valence-corrected chi connectivity index (χ4v) is 3.39. The fraction of sp³-hybridized carbons (Fsp3) is 0.222. The number of nitrogens with one attached hydrogen (secondary N) is 1. The van der Waals surface area contributed by atoms with Gasteiger partial charge in [0.05, 0.1) is 17.7 Å². The lowest BCUT2D eigenvalue weighted by Crippen LogP contribution is -2.40. The number of hydrogen-bond acceptors (Lipinski definition) is 7. The van der Waals surface area contributed by atoms with Crippen molar-refractivity contribution < 1.29 is 28.7 Å². The second-order valence-corrected chi connectivity index (χ2v) is 6.70. The molecule has 1 aromatic carbocycles. The normalized spacial score (nSPS) is 12.7. The summed E-state index contributed by atoms with van der Waals surface area (Å²) in [5.74, 6) is -1.58. The summed E-state index contributed by atoms with van der Waals surface area (Å²) in [7, 11) is 0. The minimum Gasteiger partial charge on any atom is -0.482 e. The first kappa shape index (κ1) is 19.4. The second-order valence-electron chi connectivity index (χ2n) is 5.79. The molecule has 0 bridgehead atoms. The standard InChI is InChI=1S/C18H17N3O6S/c19-17(25)11-6-8-28-18(11)20-14(22)9-27-16(24)5-7-21-12-3-1-2-4-13(12)26-10-15(21)23/h1-4,6,8H,5,7,9-10H2,(H2,19,25)(H,20,22). The molecule has 1 aliphatic heterocycles. The van der Waals surface area contributed by atoms with Crippen LogP contribution < -0.4 is 20.7 Å². The van der Waals surface area contributed by atoms with Crippen LogP contribution in [0.5, 0.6) is 5.75 Å². The summed E-state index contributed by atoms with van der Waals surface area (Å²) in [6.07, 6.45) is -0.0844. The van der Waals surface area contributed by atoms with Crippen LogP contribution in [0.1, 0.15) is 16.8 Å². The molecule has 10 heteroatoms. The molecule has 2 aromatic rings. The van der Waals surface area contributed by atoms with Crippen LogP contribution in [0.25, 0.3) is 0 Å². The Morgan fingerprint density at radius 2 is 2.04 bits per heavy atom. The SMILES string of the molecule is NC(=O)c1ccsc1NC(=O)COC(=O)CCN1C(=O)COc2ccccc21. The summed E-state index contributed by atoms with van der Waals surface area (Å²) in [6.45, 7) is -0.504. The molecule has 3 amide bonds. The van der Waals surface area contributed by atoms with Crippen molar-refractivity contribution in [2.45, 2.75) is 6.42 Å². The first-order chi connectivity index (χ1) is 13.5. The van der Waals surface area contributed by atoms with Gasteiger partial charge in [-0.05, 0) is 23.6 Å². The van der Waals surface area contributed by atoms with E-state index in [1.54, 1.807) is 29.6 Å². The Hall–Kier alpha value is -3.40. The number of anilines is 2. The molecular formula is C18H17N3O6S. The first-order valence-electron chi connectivity index (χ1n) is 8.30. The third-order valence-corrected chi connectivity index (χ3v) is 4.73. The molecule has 2 heterocycles. The van der Waals surface area contributed by atoms with Crippen LogP contribution in [0.2, 0.25) is 0 Å². The molecule has 0 unspecified atom stereocenters. The predicted octanol–water partition coefficient (Wildman–Crippen LogP) is 1.14. The molecule has 9 nitrogen and oxygen atoms in total. The molecule has 1 aliphatic rings. The van der Waals surface area contributed by atoms with Crippen LogP contribution in [0.4, 0.5) is 10.7 Å². The van der Waals surface area contributed by atoms with Gasteiger partial charge < -0.3 is 25.4 Å². The summed E-state index contributed by atoms with van der Waals surface area (Å²) in [4.78, 5) is 48.6. The predicted molar refractivity (Wildman–Crippen MR) is 101 cm³/mol.